The maximum atomic E-state index is 11.7. The van der Waals surface area contributed by atoms with Crippen molar-refractivity contribution in [2.24, 2.45) is 17.6 Å². The van der Waals surface area contributed by atoms with E-state index in [1.807, 2.05) is 11.8 Å². The van der Waals surface area contributed by atoms with Gasteiger partial charge >= 0.3 is 0 Å². The van der Waals surface area contributed by atoms with Gasteiger partial charge in [0.25, 0.3) is 0 Å². The molecule has 18 heavy (non-hydrogen) atoms. The summed E-state index contributed by atoms with van der Waals surface area (Å²) in [6.45, 7) is 8.11. The maximum Gasteiger partial charge on any atom is 0.220 e. The zero-order valence-corrected chi connectivity index (χ0v) is 13.0. The van der Waals surface area contributed by atoms with Crippen LogP contribution in [-0.2, 0) is 4.79 Å². The Hall–Kier alpha value is -0.220. The fourth-order valence-corrected chi connectivity index (χ4v) is 2.61. The van der Waals surface area contributed by atoms with Gasteiger partial charge in [-0.05, 0) is 49.1 Å². The van der Waals surface area contributed by atoms with Crippen LogP contribution in [0.4, 0.5) is 0 Å². The number of rotatable bonds is 11. The number of carbonyl (C=O) groups excluding carboxylic acids is 1. The molecule has 108 valence electrons. The van der Waals surface area contributed by atoms with Crippen LogP contribution in [0, 0.1) is 11.8 Å². The van der Waals surface area contributed by atoms with Crippen molar-refractivity contribution in [3.8, 4) is 0 Å². The first-order valence-electron chi connectivity index (χ1n) is 7.16. The normalized spacial score (nSPS) is 12.7. The number of carbonyl (C=O) groups is 1. The largest absolute Gasteiger partial charge is 0.356 e. The average Bonchev–Trinajstić information content (AvgIpc) is 2.33. The van der Waals surface area contributed by atoms with Gasteiger partial charge in [0.2, 0.25) is 5.91 Å². The third kappa shape index (κ3) is 9.77. The molecule has 0 saturated heterocycles. The first-order valence-corrected chi connectivity index (χ1v) is 8.31. The topological polar surface area (TPSA) is 55.1 Å². The molecule has 4 heteroatoms. The summed E-state index contributed by atoms with van der Waals surface area (Å²) >= 11 is 1.92. The summed E-state index contributed by atoms with van der Waals surface area (Å²) in [5.41, 5.74) is 5.60. The van der Waals surface area contributed by atoms with Gasteiger partial charge in [-0.1, -0.05) is 20.8 Å². The Morgan fingerprint density at radius 3 is 2.61 bits per heavy atom. The Morgan fingerprint density at radius 2 is 2.06 bits per heavy atom. The average molecular weight is 274 g/mol. The zero-order valence-electron chi connectivity index (χ0n) is 12.2. The summed E-state index contributed by atoms with van der Waals surface area (Å²) in [5.74, 6) is 3.68. The van der Waals surface area contributed by atoms with Gasteiger partial charge in [-0.3, -0.25) is 4.79 Å². The van der Waals surface area contributed by atoms with E-state index in [2.05, 4.69) is 26.1 Å². The van der Waals surface area contributed by atoms with E-state index in [1.54, 1.807) is 0 Å². The van der Waals surface area contributed by atoms with Crippen molar-refractivity contribution < 1.29 is 4.79 Å². The zero-order chi connectivity index (χ0) is 13.8. The third-order valence-electron chi connectivity index (χ3n) is 3.21. The summed E-state index contributed by atoms with van der Waals surface area (Å²) in [4.78, 5) is 11.7. The predicted octanol–water partition coefficient (Wildman–Crippen LogP) is 2.65. The molecule has 0 spiro atoms. The second kappa shape index (κ2) is 11.8. The first-order chi connectivity index (χ1) is 8.61. The Morgan fingerprint density at radius 1 is 1.33 bits per heavy atom. The standard InChI is InChI=1S/C14H30N2OS/c1-4-18-11-5-10-16-14(17)7-6-13(8-9-15)12(2)3/h12-13H,4-11,15H2,1-3H3,(H,16,17). The van der Waals surface area contributed by atoms with Crippen molar-refractivity contribution in [3.63, 3.8) is 0 Å². The second-order valence-corrected chi connectivity index (χ2v) is 6.41. The van der Waals surface area contributed by atoms with E-state index < -0.39 is 0 Å². The van der Waals surface area contributed by atoms with Gasteiger partial charge in [0, 0.05) is 13.0 Å². The van der Waals surface area contributed by atoms with Gasteiger partial charge in [0.15, 0.2) is 0 Å². The van der Waals surface area contributed by atoms with E-state index in [1.165, 1.54) is 0 Å². The molecule has 1 amide bonds. The highest BCUT2D eigenvalue weighted by molar-refractivity contribution is 7.99. The molecular formula is C14H30N2OS. The van der Waals surface area contributed by atoms with Crippen LogP contribution in [0.25, 0.3) is 0 Å². The van der Waals surface area contributed by atoms with Crippen LogP contribution in [0.3, 0.4) is 0 Å². The van der Waals surface area contributed by atoms with Gasteiger partial charge < -0.3 is 11.1 Å². The lowest BCUT2D eigenvalue weighted by atomic mass is 9.88. The number of hydrogen-bond donors (Lipinski definition) is 2. The molecular weight excluding hydrogens is 244 g/mol. The second-order valence-electron chi connectivity index (χ2n) is 5.02. The van der Waals surface area contributed by atoms with Crippen molar-refractivity contribution in [2.75, 3.05) is 24.6 Å². The Bertz CT molecular complexity index is 210. The van der Waals surface area contributed by atoms with Crippen LogP contribution in [0.1, 0.15) is 46.5 Å². The van der Waals surface area contributed by atoms with E-state index in [4.69, 9.17) is 5.73 Å². The van der Waals surface area contributed by atoms with Crippen molar-refractivity contribution in [1.82, 2.24) is 5.32 Å². The first kappa shape index (κ1) is 17.8. The van der Waals surface area contributed by atoms with Crippen molar-refractivity contribution in [1.29, 1.82) is 0 Å². The molecule has 0 radical (unpaired) electrons. The van der Waals surface area contributed by atoms with Crippen LogP contribution in [0.15, 0.2) is 0 Å². The summed E-state index contributed by atoms with van der Waals surface area (Å²) in [6.07, 6.45) is 3.70. The Kier molecular flexibility index (Phi) is 11.7. The van der Waals surface area contributed by atoms with E-state index in [0.717, 1.165) is 43.9 Å². The molecule has 0 rings (SSSR count). The Balaban J connectivity index is 3.61. The summed E-state index contributed by atoms with van der Waals surface area (Å²) in [5, 5.41) is 2.99. The van der Waals surface area contributed by atoms with Crippen LogP contribution >= 0.6 is 11.8 Å². The van der Waals surface area contributed by atoms with Crippen molar-refractivity contribution in [2.45, 2.75) is 46.5 Å². The minimum absolute atomic E-state index is 0.194. The van der Waals surface area contributed by atoms with Crippen molar-refractivity contribution in [3.05, 3.63) is 0 Å². The lowest BCUT2D eigenvalue weighted by molar-refractivity contribution is -0.121. The lowest BCUT2D eigenvalue weighted by Crippen LogP contribution is -2.26. The molecule has 1 unspecified atom stereocenters. The number of thioether (sulfide) groups is 1. The fourth-order valence-electron chi connectivity index (χ4n) is 1.98. The number of nitrogens with one attached hydrogen (secondary N) is 1. The van der Waals surface area contributed by atoms with Crippen LogP contribution < -0.4 is 11.1 Å². The number of hydrogen-bond acceptors (Lipinski definition) is 3. The maximum absolute atomic E-state index is 11.7. The van der Waals surface area contributed by atoms with E-state index in [-0.39, 0.29) is 5.91 Å². The molecule has 0 heterocycles. The monoisotopic (exact) mass is 274 g/mol. The molecule has 0 aliphatic carbocycles. The molecule has 0 saturated carbocycles. The third-order valence-corrected chi connectivity index (χ3v) is 4.20. The lowest BCUT2D eigenvalue weighted by Gasteiger charge is -2.19. The van der Waals surface area contributed by atoms with Crippen molar-refractivity contribution >= 4 is 17.7 Å². The molecule has 0 aromatic heterocycles. The molecule has 1 atom stereocenters. The van der Waals surface area contributed by atoms with Gasteiger partial charge in [-0.15, -0.1) is 0 Å². The van der Waals surface area contributed by atoms with Crippen LogP contribution in [0.5, 0.6) is 0 Å². The highest BCUT2D eigenvalue weighted by Gasteiger charge is 2.14. The van der Waals surface area contributed by atoms with Gasteiger partial charge in [0.1, 0.15) is 0 Å². The fraction of sp³-hybridized carbons (Fsp3) is 0.929. The summed E-state index contributed by atoms with van der Waals surface area (Å²) in [6, 6.07) is 0. The molecule has 3 N–H and O–H groups in total. The van der Waals surface area contributed by atoms with E-state index >= 15 is 0 Å². The van der Waals surface area contributed by atoms with Crippen LogP contribution in [0.2, 0.25) is 0 Å². The highest BCUT2D eigenvalue weighted by atomic mass is 32.2. The number of amides is 1. The van der Waals surface area contributed by atoms with E-state index in [0.29, 0.717) is 18.3 Å². The molecule has 0 aliphatic heterocycles. The molecule has 0 aromatic carbocycles. The molecule has 0 aromatic rings. The molecule has 0 fully saturated rings. The predicted molar refractivity (Wildman–Crippen MR) is 81.9 cm³/mol. The van der Waals surface area contributed by atoms with Gasteiger partial charge in [-0.2, -0.15) is 11.8 Å². The van der Waals surface area contributed by atoms with E-state index in [9.17, 15) is 4.79 Å². The quantitative estimate of drug-likeness (QED) is 0.570. The summed E-state index contributed by atoms with van der Waals surface area (Å²) < 4.78 is 0. The minimum Gasteiger partial charge on any atom is -0.356 e. The summed E-state index contributed by atoms with van der Waals surface area (Å²) in [7, 11) is 0. The molecule has 3 nitrogen and oxygen atoms in total. The number of nitrogens with two attached hydrogens (primary N) is 1. The Labute approximate surface area is 117 Å². The van der Waals surface area contributed by atoms with Gasteiger partial charge in [-0.25, -0.2) is 0 Å². The van der Waals surface area contributed by atoms with Gasteiger partial charge in [0.05, 0.1) is 0 Å². The molecule has 0 aliphatic rings. The SMILES string of the molecule is CCSCCCNC(=O)CCC(CCN)C(C)C. The highest BCUT2D eigenvalue weighted by Crippen LogP contribution is 2.20. The minimum atomic E-state index is 0.194. The molecule has 0 bridgehead atoms. The smallest absolute Gasteiger partial charge is 0.220 e. The van der Waals surface area contributed by atoms with Crippen LogP contribution in [-0.4, -0.2) is 30.5 Å².